The minimum Gasteiger partial charge on any atom is -0.466 e. The Hall–Kier alpha value is -0.570. The molecule has 0 bridgehead atoms. The van der Waals surface area contributed by atoms with Gasteiger partial charge in [-0.1, -0.05) is 32.1 Å². The van der Waals surface area contributed by atoms with Crippen molar-refractivity contribution < 1.29 is 9.53 Å². The molecule has 3 nitrogen and oxygen atoms in total. The molecule has 1 atom stereocenters. The van der Waals surface area contributed by atoms with Crippen LogP contribution in [-0.2, 0) is 9.53 Å². The lowest BCUT2D eigenvalue weighted by atomic mass is 9.93. The van der Waals surface area contributed by atoms with Gasteiger partial charge in [0, 0.05) is 12.5 Å². The van der Waals surface area contributed by atoms with Crippen molar-refractivity contribution in [3.63, 3.8) is 0 Å². The van der Waals surface area contributed by atoms with Gasteiger partial charge in [-0.25, -0.2) is 0 Å². The van der Waals surface area contributed by atoms with E-state index in [0.29, 0.717) is 19.1 Å². The van der Waals surface area contributed by atoms with E-state index in [0.717, 1.165) is 31.7 Å². The monoisotopic (exact) mass is 283 g/mol. The quantitative estimate of drug-likeness (QED) is 0.394. The van der Waals surface area contributed by atoms with Gasteiger partial charge in [-0.15, -0.1) is 0 Å². The summed E-state index contributed by atoms with van der Waals surface area (Å²) in [5.41, 5.74) is 0. The average Bonchev–Trinajstić information content (AvgIpc) is 2.71. The van der Waals surface area contributed by atoms with Gasteiger partial charge >= 0.3 is 5.97 Å². The van der Waals surface area contributed by atoms with Gasteiger partial charge in [-0.2, -0.15) is 0 Å². The summed E-state index contributed by atoms with van der Waals surface area (Å²) in [7, 11) is 0. The molecule has 0 aliphatic heterocycles. The van der Waals surface area contributed by atoms with E-state index in [9.17, 15) is 4.79 Å². The number of unbranched alkanes of at least 4 members (excludes halogenated alkanes) is 2. The number of carbonyl (C=O) groups excluding carboxylic acids is 1. The van der Waals surface area contributed by atoms with Crippen molar-refractivity contribution >= 4 is 5.97 Å². The molecule has 118 valence electrons. The highest BCUT2D eigenvalue weighted by molar-refractivity contribution is 5.69. The molecule has 1 N–H and O–H groups in total. The third-order valence-electron chi connectivity index (χ3n) is 4.44. The molecule has 0 heterocycles. The number of nitrogens with one attached hydrogen (secondary N) is 1. The second kappa shape index (κ2) is 11.1. The first-order valence-electron chi connectivity index (χ1n) is 8.63. The molecule has 20 heavy (non-hydrogen) atoms. The fourth-order valence-electron chi connectivity index (χ4n) is 3.11. The van der Waals surface area contributed by atoms with Gasteiger partial charge in [0.25, 0.3) is 0 Å². The fraction of sp³-hybridized carbons (Fsp3) is 0.941. The highest BCUT2D eigenvalue weighted by Gasteiger charge is 2.18. The number of rotatable bonds is 9. The Balaban J connectivity index is 1.98. The number of carbonyl (C=O) groups is 1. The number of ether oxygens (including phenoxy) is 1. The predicted molar refractivity (Wildman–Crippen MR) is 83.8 cm³/mol. The van der Waals surface area contributed by atoms with Crippen molar-refractivity contribution in [2.45, 2.75) is 84.1 Å². The third kappa shape index (κ3) is 7.88. The normalized spacial score (nSPS) is 18.5. The first-order chi connectivity index (χ1) is 9.74. The standard InChI is InChI=1S/C17H33NO2/c1-3-20-17(19)13-9-6-10-14-18-15(2)16-11-7-4-5-8-12-16/h15-16,18H,3-14H2,1-2H3/t15-/m0/s1. The van der Waals surface area contributed by atoms with E-state index in [4.69, 9.17) is 4.74 Å². The Morgan fingerprint density at radius 1 is 1.15 bits per heavy atom. The molecule has 1 aliphatic carbocycles. The Labute approximate surface area is 124 Å². The largest absolute Gasteiger partial charge is 0.466 e. The van der Waals surface area contributed by atoms with Gasteiger partial charge in [-0.3, -0.25) is 4.79 Å². The zero-order chi connectivity index (χ0) is 14.6. The van der Waals surface area contributed by atoms with E-state index in [2.05, 4.69) is 12.2 Å². The van der Waals surface area contributed by atoms with Crippen LogP contribution in [0.2, 0.25) is 0 Å². The van der Waals surface area contributed by atoms with Crippen LogP contribution in [0.4, 0.5) is 0 Å². The van der Waals surface area contributed by atoms with E-state index >= 15 is 0 Å². The number of hydrogen-bond donors (Lipinski definition) is 1. The second-order valence-electron chi connectivity index (χ2n) is 6.11. The van der Waals surface area contributed by atoms with Crippen LogP contribution in [0.15, 0.2) is 0 Å². The van der Waals surface area contributed by atoms with Gasteiger partial charge in [0.05, 0.1) is 6.61 Å². The minimum absolute atomic E-state index is 0.0488. The lowest BCUT2D eigenvalue weighted by Gasteiger charge is -2.23. The highest BCUT2D eigenvalue weighted by atomic mass is 16.5. The average molecular weight is 283 g/mol. The maximum Gasteiger partial charge on any atom is 0.305 e. The maximum atomic E-state index is 11.2. The lowest BCUT2D eigenvalue weighted by Crippen LogP contribution is -2.34. The Kier molecular flexibility index (Phi) is 9.73. The van der Waals surface area contributed by atoms with Crippen LogP contribution in [-0.4, -0.2) is 25.2 Å². The molecule has 0 amide bonds. The van der Waals surface area contributed by atoms with E-state index in [1.807, 2.05) is 6.92 Å². The Morgan fingerprint density at radius 3 is 2.50 bits per heavy atom. The van der Waals surface area contributed by atoms with Crippen LogP contribution in [0.3, 0.4) is 0 Å². The van der Waals surface area contributed by atoms with Crippen molar-refractivity contribution in [2.24, 2.45) is 5.92 Å². The van der Waals surface area contributed by atoms with Crippen LogP contribution in [0, 0.1) is 5.92 Å². The van der Waals surface area contributed by atoms with Crippen LogP contribution in [0.1, 0.15) is 78.1 Å². The van der Waals surface area contributed by atoms with E-state index < -0.39 is 0 Å². The van der Waals surface area contributed by atoms with Gasteiger partial charge in [0.1, 0.15) is 0 Å². The maximum absolute atomic E-state index is 11.2. The predicted octanol–water partition coefficient (Wildman–Crippen LogP) is 4.06. The summed E-state index contributed by atoms with van der Waals surface area (Å²) in [5, 5.41) is 3.68. The van der Waals surface area contributed by atoms with Crippen molar-refractivity contribution in [3.8, 4) is 0 Å². The Morgan fingerprint density at radius 2 is 1.85 bits per heavy atom. The van der Waals surface area contributed by atoms with Crippen LogP contribution >= 0.6 is 0 Å². The molecule has 0 spiro atoms. The highest BCUT2D eigenvalue weighted by Crippen LogP contribution is 2.25. The number of esters is 1. The van der Waals surface area contributed by atoms with Crippen LogP contribution < -0.4 is 5.32 Å². The van der Waals surface area contributed by atoms with Gasteiger partial charge in [-0.05, 0) is 52.0 Å². The zero-order valence-corrected chi connectivity index (χ0v) is 13.5. The summed E-state index contributed by atoms with van der Waals surface area (Å²) in [5.74, 6) is 0.823. The molecule has 0 aromatic carbocycles. The van der Waals surface area contributed by atoms with Crippen molar-refractivity contribution in [2.75, 3.05) is 13.2 Å². The van der Waals surface area contributed by atoms with Gasteiger partial charge in [0.2, 0.25) is 0 Å². The van der Waals surface area contributed by atoms with Crippen molar-refractivity contribution in [1.82, 2.24) is 5.32 Å². The molecule has 1 rings (SSSR count). The zero-order valence-electron chi connectivity index (χ0n) is 13.5. The van der Waals surface area contributed by atoms with E-state index in [1.54, 1.807) is 0 Å². The molecule has 3 heteroatoms. The molecule has 0 aromatic heterocycles. The topological polar surface area (TPSA) is 38.3 Å². The smallest absolute Gasteiger partial charge is 0.305 e. The summed E-state index contributed by atoms with van der Waals surface area (Å²) in [6.07, 6.45) is 12.3. The van der Waals surface area contributed by atoms with E-state index in [1.165, 1.54) is 38.5 Å². The third-order valence-corrected chi connectivity index (χ3v) is 4.44. The molecule has 1 saturated carbocycles. The molecule has 0 aromatic rings. The van der Waals surface area contributed by atoms with Crippen molar-refractivity contribution in [1.29, 1.82) is 0 Å². The summed E-state index contributed by atoms with van der Waals surface area (Å²) in [6.45, 7) is 5.78. The summed E-state index contributed by atoms with van der Waals surface area (Å²) < 4.78 is 4.92. The SMILES string of the molecule is CCOC(=O)CCCCCN[C@@H](C)C1CCCCCC1. The second-order valence-corrected chi connectivity index (χ2v) is 6.11. The molecular weight excluding hydrogens is 250 g/mol. The molecule has 0 radical (unpaired) electrons. The van der Waals surface area contributed by atoms with Crippen LogP contribution in [0.25, 0.3) is 0 Å². The molecule has 0 unspecified atom stereocenters. The molecule has 1 fully saturated rings. The van der Waals surface area contributed by atoms with Gasteiger partial charge < -0.3 is 10.1 Å². The lowest BCUT2D eigenvalue weighted by molar-refractivity contribution is -0.143. The van der Waals surface area contributed by atoms with Crippen molar-refractivity contribution in [3.05, 3.63) is 0 Å². The fourth-order valence-corrected chi connectivity index (χ4v) is 3.11. The van der Waals surface area contributed by atoms with Crippen LogP contribution in [0.5, 0.6) is 0 Å². The van der Waals surface area contributed by atoms with E-state index in [-0.39, 0.29) is 5.97 Å². The van der Waals surface area contributed by atoms with Gasteiger partial charge in [0.15, 0.2) is 0 Å². The molecule has 0 saturated heterocycles. The summed E-state index contributed by atoms with van der Waals surface area (Å²) in [6, 6.07) is 0.651. The number of hydrogen-bond acceptors (Lipinski definition) is 3. The molecule has 1 aliphatic rings. The minimum atomic E-state index is -0.0488. The Bertz CT molecular complexity index is 247. The summed E-state index contributed by atoms with van der Waals surface area (Å²) >= 11 is 0. The molecular formula is C17H33NO2. The first-order valence-corrected chi connectivity index (χ1v) is 8.63. The summed E-state index contributed by atoms with van der Waals surface area (Å²) in [4.78, 5) is 11.2. The first kappa shape index (κ1) is 17.5.